The van der Waals surface area contributed by atoms with Gasteiger partial charge in [0.25, 0.3) is 0 Å². The number of hydrogen-bond acceptors (Lipinski definition) is 3. The summed E-state index contributed by atoms with van der Waals surface area (Å²) >= 11 is 6.08. The molecule has 84 valence electrons. The van der Waals surface area contributed by atoms with E-state index in [1.165, 1.54) is 6.33 Å². The summed E-state index contributed by atoms with van der Waals surface area (Å²) in [6.45, 7) is 6.39. The van der Waals surface area contributed by atoms with Crippen molar-refractivity contribution >= 4 is 17.4 Å². The Morgan fingerprint density at radius 2 is 2.07 bits per heavy atom. The molecule has 0 unspecified atom stereocenters. The van der Waals surface area contributed by atoms with Crippen molar-refractivity contribution in [3.63, 3.8) is 0 Å². The second kappa shape index (κ2) is 5.31. The van der Waals surface area contributed by atoms with Crippen LogP contribution in [0.15, 0.2) is 6.33 Å². The minimum Gasteiger partial charge on any atom is -0.357 e. The molecule has 1 aromatic rings. The van der Waals surface area contributed by atoms with Crippen LogP contribution in [0, 0.1) is 0 Å². The van der Waals surface area contributed by atoms with Gasteiger partial charge in [-0.3, -0.25) is 0 Å². The lowest BCUT2D eigenvalue weighted by atomic mass is 10.1. The number of nitrogens with zero attached hydrogens (tertiary/aromatic N) is 3. The Morgan fingerprint density at radius 1 is 1.40 bits per heavy atom. The van der Waals surface area contributed by atoms with E-state index < -0.39 is 0 Å². The number of rotatable bonds is 4. The number of hydrogen-bond donors (Lipinski definition) is 0. The molecule has 0 aliphatic rings. The zero-order chi connectivity index (χ0) is 11.4. The molecule has 0 saturated heterocycles. The molecule has 0 bridgehead atoms. The smallest absolute Gasteiger partial charge is 0.137 e. The van der Waals surface area contributed by atoms with E-state index in [-0.39, 0.29) is 0 Å². The van der Waals surface area contributed by atoms with Crippen molar-refractivity contribution in [3.8, 4) is 0 Å². The maximum atomic E-state index is 6.08. The monoisotopic (exact) mass is 227 g/mol. The number of aromatic nitrogens is 2. The molecule has 0 aromatic carbocycles. The van der Waals surface area contributed by atoms with E-state index >= 15 is 0 Å². The molecule has 0 radical (unpaired) electrons. The first kappa shape index (κ1) is 12.2. The third-order valence-electron chi connectivity index (χ3n) is 2.48. The fraction of sp³-hybridized carbons (Fsp3) is 0.636. The van der Waals surface area contributed by atoms with Crippen molar-refractivity contribution in [2.45, 2.75) is 39.7 Å². The standard InChI is InChI=1S/C11H18ClN3/c1-5-6-9-10(12)13-7-14-11(9)15(4)8(2)3/h7-8H,5-6H2,1-4H3. The van der Waals surface area contributed by atoms with E-state index in [4.69, 9.17) is 11.6 Å². The predicted octanol–water partition coefficient (Wildman–Crippen LogP) is 2.93. The van der Waals surface area contributed by atoms with Gasteiger partial charge in [0.15, 0.2) is 0 Å². The van der Waals surface area contributed by atoms with Crippen LogP contribution in [0.1, 0.15) is 32.8 Å². The Morgan fingerprint density at radius 3 is 2.60 bits per heavy atom. The first-order chi connectivity index (χ1) is 7.07. The van der Waals surface area contributed by atoms with E-state index in [2.05, 4.69) is 35.6 Å². The molecular weight excluding hydrogens is 210 g/mol. The van der Waals surface area contributed by atoms with Gasteiger partial charge in [0.2, 0.25) is 0 Å². The molecule has 0 N–H and O–H groups in total. The predicted molar refractivity (Wildman–Crippen MR) is 64.6 cm³/mol. The highest BCUT2D eigenvalue weighted by atomic mass is 35.5. The summed E-state index contributed by atoms with van der Waals surface area (Å²) in [7, 11) is 2.03. The topological polar surface area (TPSA) is 29.0 Å². The molecule has 0 atom stereocenters. The van der Waals surface area contributed by atoms with Crippen molar-refractivity contribution in [2.75, 3.05) is 11.9 Å². The fourth-order valence-electron chi connectivity index (χ4n) is 1.40. The van der Waals surface area contributed by atoms with Crippen LogP contribution in [0.4, 0.5) is 5.82 Å². The van der Waals surface area contributed by atoms with Crippen molar-refractivity contribution in [1.29, 1.82) is 0 Å². The highest BCUT2D eigenvalue weighted by Crippen LogP contribution is 2.24. The van der Waals surface area contributed by atoms with Gasteiger partial charge in [-0.1, -0.05) is 24.9 Å². The zero-order valence-electron chi connectivity index (χ0n) is 9.79. The molecule has 1 aromatic heterocycles. The third kappa shape index (κ3) is 2.81. The van der Waals surface area contributed by atoms with E-state index in [9.17, 15) is 0 Å². The lowest BCUT2D eigenvalue weighted by Gasteiger charge is -2.25. The van der Waals surface area contributed by atoms with Gasteiger partial charge >= 0.3 is 0 Å². The largest absolute Gasteiger partial charge is 0.357 e. The van der Waals surface area contributed by atoms with Crippen LogP contribution in [0.2, 0.25) is 5.15 Å². The maximum absolute atomic E-state index is 6.08. The van der Waals surface area contributed by atoms with Gasteiger partial charge in [-0.2, -0.15) is 0 Å². The minimum absolute atomic E-state index is 0.409. The van der Waals surface area contributed by atoms with Crippen molar-refractivity contribution in [3.05, 3.63) is 17.0 Å². The molecule has 15 heavy (non-hydrogen) atoms. The quantitative estimate of drug-likeness (QED) is 0.741. The minimum atomic E-state index is 0.409. The Kier molecular flexibility index (Phi) is 4.33. The average molecular weight is 228 g/mol. The van der Waals surface area contributed by atoms with Gasteiger partial charge in [0.05, 0.1) is 0 Å². The molecule has 1 rings (SSSR count). The van der Waals surface area contributed by atoms with Crippen LogP contribution in [0.25, 0.3) is 0 Å². The Labute approximate surface area is 96.5 Å². The van der Waals surface area contributed by atoms with Crippen LogP contribution in [0.5, 0.6) is 0 Å². The van der Waals surface area contributed by atoms with Crippen LogP contribution in [-0.4, -0.2) is 23.1 Å². The van der Waals surface area contributed by atoms with Gasteiger partial charge in [-0.05, 0) is 20.3 Å². The molecule has 0 aliphatic carbocycles. The molecule has 0 fully saturated rings. The van der Waals surface area contributed by atoms with Crippen LogP contribution >= 0.6 is 11.6 Å². The Balaban J connectivity index is 3.10. The van der Waals surface area contributed by atoms with E-state index in [1.807, 2.05) is 7.05 Å². The lowest BCUT2D eigenvalue weighted by Crippen LogP contribution is -2.28. The summed E-state index contributed by atoms with van der Waals surface area (Å²) in [4.78, 5) is 10.5. The summed E-state index contributed by atoms with van der Waals surface area (Å²) in [5, 5.41) is 0.578. The van der Waals surface area contributed by atoms with Crippen LogP contribution in [0.3, 0.4) is 0 Å². The molecule has 1 heterocycles. The zero-order valence-corrected chi connectivity index (χ0v) is 10.5. The van der Waals surface area contributed by atoms with Crippen molar-refractivity contribution in [1.82, 2.24) is 9.97 Å². The summed E-state index contributed by atoms with van der Waals surface area (Å²) in [6.07, 6.45) is 3.49. The molecule has 4 heteroatoms. The average Bonchev–Trinajstić information content (AvgIpc) is 2.20. The second-order valence-electron chi connectivity index (χ2n) is 3.92. The van der Waals surface area contributed by atoms with Gasteiger partial charge in [-0.15, -0.1) is 0 Å². The molecular formula is C11H18ClN3. The molecule has 3 nitrogen and oxygen atoms in total. The fourth-order valence-corrected chi connectivity index (χ4v) is 1.62. The van der Waals surface area contributed by atoms with Crippen molar-refractivity contribution in [2.24, 2.45) is 0 Å². The van der Waals surface area contributed by atoms with E-state index in [0.717, 1.165) is 24.2 Å². The van der Waals surface area contributed by atoms with Crippen LogP contribution < -0.4 is 4.90 Å². The summed E-state index contributed by atoms with van der Waals surface area (Å²) in [5.74, 6) is 0.951. The summed E-state index contributed by atoms with van der Waals surface area (Å²) < 4.78 is 0. The molecule has 0 amide bonds. The van der Waals surface area contributed by atoms with Gasteiger partial charge in [-0.25, -0.2) is 9.97 Å². The highest BCUT2D eigenvalue weighted by Gasteiger charge is 2.14. The highest BCUT2D eigenvalue weighted by molar-refractivity contribution is 6.30. The lowest BCUT2D eigenvalue weighted by molar-refractivity contribution is 0.731. The molecule has 0 spiro atoms. The Bertz CT molecular complexity index is 326. The van der Waals surface area contributed by atoms with Gasteiger partial charge in [0.1, 0.15) is 17.3 Å². The maximum Gasteiger partial charge on any atom is 0.137 e. The van der Waals surface area contributed by atoms with E-state index in [1.54, 1.807) is 0 Å². The van der Waals surface area contributed by atoms with E-state index in [0.29, 0.717) is 11.2 Å². The van der Waals surface area contributed by atoms with Gasteiger partial charge in [0, 0.05) is 18.7 Å². The Hall–Kier alpha value is -0.830. The number of halogens is 1. The first-order valence-electron chi connectivity index (χ1n) is 5.30. The van der Waals surface area contributed by atoms with Crippen LogP contribution in [-0.2, 0) is 6.42 Å². The summed E-state index contributed by atoms with van der Waals surface area (Å²) in [5.41, 5.74) is 1.05. The molecule has 0 saturated carbocycles. The SMILES string of the molecule is CCCc1c(Cl)ncnc1N(C)C(C)C. The number of anilines is 1. The third-order valence-corrected chi connectivity index (χ3v) is 2.80. The summed E-state index contributed by atoms with van der Waals surface area (Å²) in [6, 6.07) is 0.409. The van der Waals surface area contributed by atoms with Gasteiger partial charge < -0.3 is 4.90 Å². The normalized spacial score (nSPS) is 10.8. The second-order valence-corrected chi connectivity index (χ2v) is 4.28. The van der Waals surface area contributed by atoms with Crippen molar-refractivity contribution < 1.29 is 0 Å². The first-order valence-corrected chi connectivity index (χ1v) is 5.67. The molecule has 0 aliphatic heterocycles.